The van der Waals surface area contributed by atoms with Crippen molar-refractivity contribution in [3.63, 3.8) is 0 Å². The number of anilines is 1. The number of methoxy groups -OCH3 is 2. The molecule has 0 bridgehead atoms. The Morgan fingerprint density at radius 3 is 2.43 bits per heavy atom. The second-order valence-electron chi connectivity index (χ2n) is 7.38. The van der Waals surface area contributed by atoms with Crippen LogP contribution in [0.5, 0.6) is 11.5 Å². The minimum atomic E-state index is -0.420. The molecule has 6 nitrogen and oxygen atoms in total. The zero-order chi connectivity index (χ0) is 24.9. The summed E-state index contributed by atoms with van der Waals surface area (Å²) in [6.07, 6.45) is 1.66. The van der Waals surface area contributed by atoms with Crippen LogP contribution in [0.15, 0.2) is 77.4 Å². The summed E-state index contributed by atoms with van der Waals surface area (Å²) in [5, 5.41) is 0.726. The highest BCUT2D eigenvalue weighted by atomic mass is 35.5. The minimum Gasteiger partial charge on any atom is -0.497 e. The first-order chi connectivity index (χ1) is 16.9. The van der Waals surface area contributed by atoms with Gasteiger partial charge in [0.25, 0.3) is 5.91 Å². The zero-order valence-corrected chi connectivity index (χ0v) is 20.4. The SMILES string of the molecule is COc1ccc(/C=C2\N=C(SCC(=O)c3ccc(F)cc3)N(c3ccc(Cl)c(OC)c3)C2=O)cc1. The number of nitrogens with zero attached hydrogens (tertiary/aromatic N) is 2. The molecule has 0 saturated heterocycles. The summed E-state index contributed by atoms with van der Waals surface area (Å²) in [5.74, 6) is 0.106. The van der Waals surface area contributed by atoms with Crippen LogP contribution in [0.2, 0.25) is 5.02 Å². The van der Waals surface area contributed by atoms with E-state index in [-0.39, 0.29) is 23.1 Å². The van der Waals surface area contributed by atoms with E-state index in [2.05, 4.69) is 4.99 Å². The number of hydrogen-bond acceptors (Lipinski definition) is 6. The molecule has 0 aromatic heterocycles. The number of hydrogen-bond donors (Lipinski definition) is 0. The Bertz CT molecular complexity index is 1320. The van der Waals surface area contributed by atoms with E-state index >= 15 is 0 Å². The van der Waals surface area contributed by atoms with Gasteiger partial charge in [-0.15, -0.1) is 0 Å². The molecule has 1 amide bonds. The fourth-order valence-corrected chi connectivity index (χ4v) is 4.42. The normalized spacial score (nSPS) is 14.3. The average molecular weight is 511 g/mol. The number of halogens is 2. The molecule has 0 saturated carbocycles. The van der Waals surface area contributed by atoms with Gasteiger partial charge < -0.3 is 9.47 Å². The van der Waals surface area contributed by atoms with Crippen molar-refractivity contribution in [3.8, 4) is 11.5 Å². The molecule has 0 aliphatic carbocycles. The summed E-state index contributed by atoms with van der Waals surface area (Å²) >= 11 is 7.27. The van der Waals surface area contributed by atoms with Crippen LogP contribution in [0.25, 0.3) is 6.08 Å². The van der Waals surface area contributed by atoms with E-state index in [1.54, 1.807) is 43.5 Å². The smallest absolute Gasteiger partial charge is 0.283 e. The summed E-state index contributed by atoms with van der Waals surface area (Å²) < 4.78 is 23.7. The number of carbonyl (C=O) groups is 2. The fraction of sp³-hybridized carbons (Fsp3) is 0.115. The lowest BCUT2D eigenvalue weighted by Gasteiger charge is -2.18. The van der Waals surface area contributed by atoms with E-state index in [9.17, 15) is 14.0 Å². The van der Waals surface area contributed by atoms with Crippen LogP contribution in [0.4, 0.5) is 10.1 Å². The number of carbonyl (C=O) groups excluding carboxylic acids is 2. The molecular weight excluding hydrogens is 491 g/mol. The van der Waals surface area contributed by atoms with Crippen LogP contribution >= 0.6 is 23.4 Å². The summed E-state index contributed by atoms with van der Waals surface area (Å²) in [6, 6.07) is 17.5. The van der Waals surface area contributed by atoms with Gasteiger partial charge in [0.1, 0.15) is 23.0 Å². The van der Waals surface area contributed by atoms with E-state index in [0.29, 0.717) is 32.9 Å². The fourth-order valence-electron chi connectivity index (χ4n) is 3.32. The van der Waals surface area contributed by atoms with Crippen LogP contribution in [-0.4, -0.2) is 36.8 Å². The van der Waals surface area contributed by atoms with E-state index in [1.807, 2.05) is 12.1 Å². The first-order valence-electron chi connectivity index (χ1n) is 10.4. The summed E-state index contributed by atoms with van der Waals surface area (Å²) in [6.45, 7) is 0. The number of thioether (sulfide) groups is 1. The number of ether oxygens (including phenoxy) is 2. The molecule has 1 aliphatic heterocycles. The largest absolute Gasteiger partial charge is 0.497 e. The highest BCUT2D eigenvalue weighted by Gasteiger charge is 2.33. The number of Topliss-reactive ketones (excluding diaryl/α,β-unsaturated/α-hetero) is 1. The first-order valence-corrected chi connectivity index (χ1v) is 11.8. The molecule has 9 heteroatoms. The molecule has 0 fully saturated rings. The molecule has 0 radical (unpaired) electrons. The molecule has 0 atom stereocenters. The quantitative estimate of drug-likeness (QED) is 0.294. The average Bonchev–Trinajstić information content (AvgIpc) is 3.18. The molecule has 3 aromatic carbocycles. The van der Waals surface area contributed by atoms with Gasteiger partial charge in [0.05, 0.1) is 30.7 Å². The zero-order valence-electron chi connectivity index (χ0n) is 18.8. The summed E-state index contributed by atoms with van der Waals surface area (Å²) in [7, 11) is 3.06. The molecule has 4 rings (SSSR count). The second kappa shape index (κ2) is 10.8. The van der Waals surface area contributed by atoms with Crippen molar-refractivity contribution in [3.05, 3.63) is 94.4 Å². The molecule has 3 aromatic rings. The van der Waals surface area contributed by atoms with Crippen molar-refractivity contribution in [2.45, 2.75) is 0 Å². The third-order valence-corrected chi connectivity index (χ3v) is 6.39. The molecule has 0 spiro atoms. The number of amidine groups is 1. The van der Waals surface area contributed by atoms with Crippen LogP contribution in [0.3, 0.4) is 0 Å². The Labute approximate surface area is 211 Å². The molecule has 0 unspecified atom stereocenters. The van der Waals surface area contributed by atoms with Gasteiger partial charge >= 0.3 is 0 Å². The highest BCUT2D eigenvalue weighted by molar-refractivity contribution is 8.14. The third-order valence-electron chi connectivity index (χ3n) is 5.14. The Kier molecular flexibility index (Phi) is 7.53. The van der Waals surface area contributed by atoms with Crippen LogP contribution < -0.4 is 14.4 Å². The second-order valence-corrected chi connectivity index (χ2v) is 8.72. The highest BCUT2D eigenvalue weighted by Crippen LogP contribution is 2.34. The minimum absolute atomic E-state index is 0.00872. The number of aliphatic imine (C=N–C) groups is 1. The van der Waals surface area contributed by atoms with Gasteiger partial charge in [-0.25, -0.2) is 9.38 Å². The monoisotopic (exact) mass is 510 g/mol. The topological polar surface area (TPSA) is 68.2 Å². The summed E-state index contributed by atoms with van der Waals surface area (Å²) in [5.41, 5.74) is 1.84. The van der Waals surface area contributed by atoms with Gasteiger partial charge in [0.15, 0.2) is 11.0 Å². The predicted molar refractivity (Wildman–Crippen MR) is 137 cm³/mol. The molecule has 1 heterocycles. The van der Waals surface area contributed by atoms with E-state index in [1.165, 1.54) is 36.3 Å². The van der Waals surface area contributed by atoms with E-state index in [4.69, 9.17) is 21.1 Å². The van der Waals surface area contributed by atoms with Crippen molar-refractivity contribution in [2.75, 3.05) is 24.9 Å². The lowest BCUT2D eigenvalue weighted by Crippen LogP contribution is -2.30. The molecule has 178 valence electrons. The van der Waals surface area contributed by atoms with Crippen LogP contribution in [-0.2, 0) is 4.79 Å². The molecule has 0 N–H and O–H groups in total. The number of benzene rings is 3. The van der Waals surface area contributed by atoms with Crippen molar-refractivity contribution in [1.82, 2.24) is 0 Å². The maximum Gasteiger partial charge on any atom is 0.283 e. The van der Waals surface area contributed by atoms with Crippen LogP contribution in [0.1, 0.15) is 15.9 Å². The van der Waals surface area contributed by atoms with Gasteiger partial charge in [0.2, 0.25) is 0 Å². The standard InChI is InChI=1S/C26H20ClFN2O4S/c1-33-20-10-3-16(4-11-20)13-22-25(32)30(19-9-12-21(27)24(14-19)34-2)26(29-22)35-15-23(31)17-5-7-18(28)8-6-17/h3-14H,15H2,1-2H3/b22-13-. The number of rotatable bonds is 7. The first kappa shape index (κ1) is 24.5. The maximum atomic E-state index is 13.4. The van der Waals surface area contributed by atoms with Crippen LogP contribution in [0, 0.1) is 5.82 Å². The third kappa shape index (κ3) is 5.55. The lowest BCUT2D eigenvalue weighted by molar-refractivity contribution is -0.113. The van der Waals surface area contributed by atoms with Gasteiger partial charge in [-0.3, -0.25) is 14.5 Å². The van der Waals surface area contributed by atoms with Crippen molar-refractivity contribution >= 4 is 52.0 Å². The molecule has 35 heavy (non-hydrogen) atoms. The number of amides is 1. The lowest BCUT2D eigenvalue weighted by atomic mass is 10.1. The molecular formula is C26H20ClFN2O4S. The van der Waals surface area contributed by atoms with E-state index < -0.39 is 5.82 Å². The molecule has 1 aliphatic rings. The Hall–Kier alpha value is -3.62. The predicted octanol–water partition coefficient (Wildman–Crippen LogP) is 5.86. The Balaban J connectivity index is 1.65. The van der Waals surface area contributed by atoms with Crippen molar-refractivity contribution < 1.29 is 23.5 Å². The maximum absolute atomic E-state index is 13.4. The van der Waals surface area contributed by atoms with Gasteiger partial charge in [-0.2, -0.15) is 0 Å². The van der Waals surface area contributed by atoms with Gasteiger partial charge in [0, 0.05) is 11.6 Å². The van der Waals surface area contributed by atoms with Gasteiger partial charge in [-0.05, 0) is 60.2 Å². The number of ketones is 1. The van der Waals surface area contributed by atoms with Crippen molar-refractivity contribution in [1.29, 1.82) is 0 Å². The van der Waals surface area contributed by atoms with E-state index in [0.717, 1.165) is 17.3 Å². The van der Waals surface area contributed by atoms with Gasteiger partial charge in [-0.1, -0.05) is 35.5 Å². The Morgan fingerprint density at radius 1 is 1.06 bits per heavy atom. The Morgan fingerprint density at radius 2 is 1.77 bits per heavy atom. The van der Waals surface area contributed by atoms with Crippen molar-refractivity contribution in [2.24, 2.45) is 4.99 Å². The summed E-state index contributed by atoms with van der Waals surface area (Å²) in [4.78, 5) is 32.0.